The van der Waals surface area contributed by atoms with Gasteiger partial charge in [0.1, 0.15) is 5.82 Å². The molecular formula is C13H15F4NO. The van der Waals surface area contributed by atoms with Crippen LogP contribution in [0.1, 0.15) is 29.8 Å². The molecule has 0 fully saturated rings. The second-order valence-electron chi connectivity index (χ2n) is 4.64. The molecule has 1 rings (SSSR count). The lowest BCUT2D eigenvalue weighted by atomic mass is 9.88. The van der Waals surface area contributed by atoms with E-state index < -0.39 is 29.3 Å². The van der Waals surface area contributed by atoms with Gasteiger partial charge < -0.3 is 5.73 Å². The van der Waals surface area contributed by atoms with Gasteiger partial charge in [-0.2, -0.15) is 13.2 Å². The number of halogens is 4. The Hall–Kier alpha value is -1.43. The van der Waals surface area contributed by atoms with Crippen LogP contribution in [0.25, 0.3) is 0 Å². The summed E-state index contributed by atoms with van der Waals surface area (Å²) in [5.41, 5.74) is 3.99. The lowest BCUT2D eigenvalue weighted by Crippen LogP contribution is -2.28. The highest BCUT2D eigenvalue weighted by molar-refractivity contribution is 5.98. The number of Topliss-reactive ketones (excluding diaryl/α,β-unsaturated/α-hetero) is 1. The van der Waals surface area contributed by atoms with Gasteiger partial charge in [-0.05, 0) is 18.1 Å². The second kappa shape index (κ2) is 5.69. The standard InChI is InChI=1S/C13H15F4NO/c1-7(2)9(6-18)12(19)8-3-4-10(11(14)5-8)13(15,16)17/h3-5,7,9H,6,18H2,1-2H3. The first-order valence-corrected chi connectivity index (χ1v) is 5.79. The first-order chi connectivity index (χ1) is 8.68. The maximum absolute atomic E-state index is 13.4. The summed E-state index contributed by atoms with van der Waals surface area (Å²) in [5, 5.41) is 0. The fourth-order valence-electron chi connectivity index (χ4n) is 1.79. The van der Waals surface area contributed by atoms with Gasteiger partial charge in [0.2, 0.25) is 0 Å². The van der Waals surface area contributed by atoms with E-state index in [-0.39, 0.29) is 18.0 Å². The molecule has 2 nitrogen and oxygen atoms in total. The van der Waals surface area contributed by atoms with Crippen LogP contribution in [0.15, 0.2) is 18.2 Å². The summed E-state index contributed by atoms with van der Waals surface area (Å²) in [5.74, 6) is -2.48. The monoisotopic (exact) mass is 277 g/mol. The van der Waals surface area contributed by atoms with E-state index in [0.29, 0.717) is 12.1 Å². The topological polar surface area (TPSA) is 43.1 Å². The van der Waals surface area contributed by atoms with Crippen LogP contribution in [0.4, 0.5) is 17.6 Å². The Kier molecular flexibility index (Phi) is 4.68. The number of benzene rings is 1. The van der Waals surface area contributed by atoms with Crippen molar-refractivity contribution in [3.63, 3.8) is 0 Å². The molecule has 0 bridgehead atoms. The maximum Gasteiger partial charge on any atom is 0.419 e. The molecule has 0 aromatic heterocycles. The Labute approximate surface area is 108 Å². The molecular weight excluding hydrogens is 262 g/mol. The van der Waals surface area contributed by atoms with Crippen molar-refractivity contribution in [2.75, 3.05) is 6.54 Å². The first-order valence-electron chi connectivity index (χ1n) is 5.79. The Morgan fingerprint density at radius 3 is 2.26 bits per heavy atom. The quantitative estimate of drug-likeness (QED) is 0.678. The van der Waals surface area contributed by atoms with Crippen molar-refractivity contribution in [2.24, 2.45) is 17.6 Å². The van der Waals surface area contributed by atoms with Crippen molar-refractivity contribution in [3.05, 3.63) is 35.1 Å². The molecule has 2 N–H and O–H groups in total. The number of rotatable bonds is 4. The molecule has 0 heterocycles. The zero-order valence-corrected chi connectivity index (χ0v) is 10.6. The summed E-state index contributed by atoms with van der Waals surface area (Å²) < 4.78 is 50.5. The first kappa shape index (κ1) is 15.6. The third-order valence-electron chi connectivity index (χ3n) is 2.95. The van der Waals surface area contributed by atoms with Gasteiger partial charge in [-0.25, -0.2) is 4.39 Å². The summed E-state index contributed by atoms with van der Waals surface area (Å²) in [6.07, 6.45) is -4.77. The van der Waals surface area contributed by atoms with Crippen LogP contribution in [0.2, 0.25) is 0 Å². The van der Waals surface area contributed by atoms with Crippen LogP contribution in [0.5, 0.6) is 0 Å². The summed E-state index contributed by atoms with van der Waals surface area (Å²) in [4.78, 5) is 12.0. The molecule has 0 aliphatic heterocycles. The van der Waals surface area contributed by atoms with Crippen LogP contribution >= 0.6 is 0 Å². The third-order valence-corrected chi connectivity index (χ3v) is 2.95. The molecule has 19 heavy (non-hydrogen) atoms. The average molecular weight is 277 g/mol. The highest BCUT2D eigenvalue weighted by Crippen LogP contribution is 2.32. The number of nitrogens with two attached hydrogens (primary N) is 1. The summed E-state index contributed by atoms with van der Waals surface area (Å²) in [6, 6.07) is 2.19. The summed E-state index contributed by atoms with van der Waals surface area (Å²) in [7, 11) is 0. The van der Waals surface area contributed by atoms with E-state index in [1.807, 2.05) is 0 Å². The molecule has 0 aliphatic rings. The highest BCUT2D eigenvalue weighted by atomic mass is 19.4. The molecule has 0 saturated heterocycles. The van der Waals surface area contributed by atoms with Crippen LogP contribution < -0.4 is 5.73 Å². The van der Waals surface area contributed by atoms with Gasteiger partial charge in [-0.1, -0.05) is 19.9 Å². The predicted octanol–water partition coefficient (Wildman–Crippen LogP) is 3.26. The smallest absolute Gasteiger partial charge is 0.330 e. The van der Waals surface area contributed by atoms with Crippen molar-refractivity contribution in [3.8, 4) is 0 Å². The molecule has 6 heteroatoms. The van der Waals surface area contributed by atoms with Gasteiger partial charge in [-0.15, -0.1) is 0 Å². The zero-order chi connectivity index (χ0) is 14.8. The van der Waals surface area contributed by atoms with E-state index in [2.05, 4.69) is 0 Å². The molecule has 0 spiro atoms. The van der Waals surface area contributed by atoms with Crippen LogP contribution in [-0.4, -0.2) is 12.3 Å². The number of alkyl halides is 3. The normalized spacial score (nSPS) is 13.7. The molecule has 1 aromatic rings. The number of hydrogen-bond donors (Lipinski definition) is 1. The molecule has 1 aromatic carbocycles. The molecule has 1 atom stereocenters. The number of ketones is 1. The van der Waals surface area contributed by atoms with Crippen molar-refractivity contribution < 1.29 is 22.4 Å². The minimum Gasteiger partial charge on any atom is -0.330 e. The fourth-order valence-corrected chi connectivity index (χ4v) is 1.79. The van der Waals surface area contributed by atoms with Gasteiger partial charge in [0.25, 0.3) is 0 Å². The molecule has 0 aliphatic carbocycles. The number of carbonyl (C=O) groups is 1. The van der Waals surface area contributed by atoms with Crippen LogP contribution in [0, 0.1) is 17.7 Å². The van der Waals surface area contributed by atoms with Gasteiger partial charge in [-0.3, -0.25) is 4.79 Å². The summed E-state index contributed by atoms with van der Waals surface area (Å²) in [6.45, 7) is 3.62. The highest BCUT2D eigenvalue weighted by Gasteiger charge is 2.34. The van der Waals surface area contributed by atoms with Gasteiger partial charge >= 0.3 is 6.18 Å². The minimum atomic E-state index is -4.77. The largest absolute Gasteiger partial charge is 0.419 e. The van der Waals surface area contributed by atoms with Crippen molar-refractivity contribution >= 4 is 5.78 Å². The molecule has 0 saturated carbocycles. The molecule has 106 valence electrons. The molecule has 0 amide bonds. The third kappa shape index (κ3) is 3.53. The lowest BCUT2D eigenvalue weighted by Gasteiger charge is -2.18. The van der Waals surface area contributed by atoms with E-state index in [4.69, 9.17) is 5.73 Å². The number of carbonyl (C=O) groups excluding carboxylic acids is 1. The fraction of sp³-hybridized carbons (Fsp3) is 0.462. The lowest BCUT2D eigenvalue weighted by molar-refractivity contribution is -0.140. The predicted molar refractivity (Wildman–Crippen MR) is 63.1 cm³/mol. The van der Waals surface area contributed by atoms with Crippen LogP contribution in [-0.2, 0) is 6.18 Å². The van der Waals surface area contributed by atoms with Gasteiger partial charge in [0.15, 0.2) is 5.78 Å². The zero-order valence-electron chi connectivity index (χ0n) is 10.6. The average Bonchev–Trinajstić information content (AvgIpc) is 2.27. The number of hydrogen-bond acceptors (Lipinski definition) is 2. The maximum atomic E-state index is 13.4. The molecule has 1 unspecified atom stereocenters. The van der Waals surface area contributed by atoms with Gasteiger partial charge in [0.05, 0.1) is 5.56 Å². The Morgan fingerprint density at radius 2 is 1.89 bits per heavy atom. The Balaban J connectivity index is 3.11. The van der Waals surface area contributed by atoms with Crippen molar-refractivity contribution in [1.82, 2.24) is 0 Å². The van der Waals surface area contributed by atoms with Crippen molar-refractivity contribution in [1.29, 1.82) is 0 Å². The second-order valence-corrected chi connectivity index (χ2v) is 4.64. The summed E-state index contributed by atoms with van der Waals surface area (Å²) >= 11 is 0. The van der Waals surface area contributed by atoms with Gasteiger partial charge in [0, 0.05) is 18.0 Å². The minimum absolute atomic E-state index is 0.0668. The van der Waals surface area contributed by atoms with Crippen LogP contribution in [0.3, 0.4) is 0 Å². The van der Waals surface area contributed by atoms with E-state index in [0.717, 1.165) is 6.07 Å². The Morgan fingerprint density at radius 1 is 1.32 bits per heavy atom. The molecule has 0 radical (unpaired) electrons. The van der Waals surface area contributed by atoms with E-state index in [1.165, 1.54) is 0 Å². The van der Waals surface area contributed by atoms with Crippen molar-refractivity contribution in [2.45, 2.75) is 20.0 Å². The van der Waals surface area contributed by atoms with E-state index in [9.17, 15) is 22.4 Å². The Bertz CT molecular complexity index is 468. The van der Waals surface area contributed by atoms with E-state index >= 15 is 0 Å². The SMILES string of the molecule is CC(C)C(CN)C(=O)c1ccc(C(F)(F)F)c(F)c1. The van der Waals surface area contributed by atoms with E-state index in [1.54, 1.807) is 13.8 Å².